The van der Waals surface area contributed by atoms with Crippen molar-refractivity contribution in [3.63, 3.8) is 0 Å². The Labute approximate surface area is 153 Å². The lowest BCUT2D eigenvalue weighted by Crippen LogP contribution is -2.03. The van der Waals surface area contributed by atoms with Crippen LogP contribution in [-0.4, -0.2) is 24.7 Å². The van der Waals surface area contributed by atoms with Crippen molar-refractivity contribution in [3.8, 4) is 0 Å². The van der Waals surface area contributed by atoms with Crippen LogP contribution in [0.1, 0.15) is 10.7 Å². The van der Waals surface area contributed by atoms with Crippen LogP contribution in [0, 0.1) is 0 Å². The number of anilines is 1. The first-order chi connectivity index (χ1) is 12.3. The van der Waals surface area contributed by atoms with Crippen molar-refractivity contribution in [2.75, 3.05) is 5.73 Å². The summed E-state index contributed by atoms with van der Waals surface area (Å²) in [5.74, 6) is 1.82. The van der Waals surface area contributed by atoms with Gasteiger partial charge >= 0.3 is 0 Å². The summed E-state index contributed by atoms with van der Waals surface area (Å²) >= 11 is 3.34. The predicted molar refractivity (Wildman–Crippen MR) is 102 cm³/mol. The first kappa shape index (κ1) is 16.0. The smallest absolute Gasteiger partial charge is 0.191 e. The molecular formula is C17H16N6S2. The van der Waals surface area contributed by atoms with E-state index in [2.05, 4.69) is 42.2 Å². The molecule has 6 nitrogen and oxygen atoms in total. The molecule has 0 saturated carbocycles. The zero-order valence-electron chi connectivity index (χ0n) is 13.4. The number of nitrogen functional groups attached to an aromatic ring is 1. The summed E-state index contributed by atoms with van der Waals surface area (Å²) in [5, 5.41) is 12.1. The minimum atomic E-state index is 0.514. The fraction of sp³-hybridized carbons (Fsp3) is 0.176. The normalized spacial score (nSPS) is 11.2. The molecule has 0 bridgehead atoms. The summed E-state index contributed by atoms with van der Waals surface area (Å²) < 4.78 is 2.06. The summed E-state index contributed by atoms with van der Waals surface area (Å²) in [7, 11) is 0. The summed E-state index contributed by atoms with van der Waals surface area (Å²) in [6, 6.07) is 12.0. The molecule has 0 aliphatic carbocycles. The van der Waals surface area contributed by atoms with E-state index in [0.717, 1.165) is 29.0 Å². The number of aryl methyl sites for hydroxylation is 2. The molecule has 25 heavy (non-hydrogen) atoms. The molecule has 1 aromatic carbocycles. The van der Waals surface area contributed by atoms with Gasteiger partial charge in [-0.2, -0.15) is 0 Å². The second-order valence-electron chi connectivity index (χ2n) is 5.47. The number of rotatable bonds is 6. The van der Waals surface area contributed by atoms with E-state index in [9.17, 15) is 0 Å². The largest absolute Gasteiger partial charge is 0.383 e. The van der Waals surface area contributed by atoms with Crippen LogP contribution in [0.4, 0.5) is 5.82 Å². The number of hydrogen-bond donors (Lipinski definition) is 1. The number of thiophene rings is 1. The van der Waals surface area contributed by atoms with Gasteiger partial charge in [-0.25, -0.2) is 9.97 Å². The Hall–Kier alpha value is -2.45. The summed E-state index contributed by atoms with van der Waals surface area (Å²) in [6.45, 7) is 0.858. The third-order valence-electron chi connectivity index (χ3n) is 3.77. The van der Waals surface area contributed by atoms with Crippen LogP contribution >= 0.6 is 23.1 Å². The Kier molecular flexibility index (Phi) is 4.62. The highest BCUT2D eigenvalue weighted by atomic mass is 32.2. The Morgan fingerprint density at radius 2 is 2.04 bits per heavy atom. The van der Waals surface area contributed by atoms with Gasteiger partial charge in [0.05, 0.1) is 11.3 Å². The Bertz CT molecular complexity index is 980. The number of benzene rings is 1. The fourth-order valence-electron chi connectivity index (χ4n) is 2.54. The number of nitrogens with zero attached hydrogens (tertiary/aromatic N) is 5. The van der Waals surface area contributed by atoms with E-state index in [-0.39, 0.29) is 0 Å². The molecule has 4 aromatic rings. The van der Waals surface area contributed by atoms with Crippen LogP contribution in [0.15, 0.2) is 53.3 Å². The van der Waals surface area contributed by atoms with Crippen molar-refractivity contribution in [3.05, 3.63) is 58.8 Å². The molecule has 0 unspecified atom stereocenters. The minimum absolute atomic E-state index is 0.514. The van der Waals surface area contributed by atoms with Crippen LogP contribution in [-0.2, 0) is 18.7 Å². The molecule has 2 N–H and O–H groups in total. The van der Waals surface area contributed by atoms with E-state index < -0.39 is 0 Å². The molecule has 0 radical (unpaired) electrons. The third kappa shape index (κ3) is 3.64. The van der Waals surface area contributed by atoms with Crippen molar-refractivity contribution in [1.29, 1.82) is 0 Å². The molecule has 0 atom stereocenters. The van der Waals surface area contributed by atoms with Gasteiger partial charge in [0.2, 0.25) is 0 Å². The summed E-state index contributed by atoms with van der Waals surface area (Å²) in [4.78, 5) is 10.3. The Morgan fingerprint density at radius 3 is 2.92 bits per heavy atom. The average molecular weight is 368 g/mol. The zero-order valence-corrected chi connectivity index (χ0v) is 15.0. The van der Waals surface area contributed by atoms with E-state index in [1.807, 2.05) is 24.3 Å². The number of nitrogens with two attached hydrogens (primary N) is 1. The van der Waals surface area contributed by atoms with Crippen molar-refractivity contribution in [2.45, 2.75) is 23.9 Å². The maximum Gasteiger partial charge on any atom is 0.191 e. The summed E-state index contributed by atoms with van der Waals surface area (Å²) in [6.07, 6.45) is 2.74. The molecule has 0 aliphatic rings. The SMILES string of the molecule is Nc1nc(CSc2nncn2CCc2cccs2)nc2ccccc12. The lowest BCUT2D eigenvalue weighted by molar-refractivity contribution is 0.637. The molecule has 126 valence electrons. The van der Waals surface area contributed by atoms with Gasteiger partial charge < -0.3 is 10.3 Å². The van der Waals surface area contributed by atoms with Crippen LogP contribution in [0.2, 0.25) is 0 Å². The predicted octanol–water partition coefficient (Wildman–Crippen LogP) is 3.40. The molecule has 8 heteroatoms. The molecule has 3 heterocycles. The number of thioether (sulfide) groups is 1. The standard InChI is InChI=1S/C17H16N6S2/c18-16-13-5-1-2-6-14(13)20-15(21-16)10-25-17-22-19-11-23(17)8-7-12-4-3-9-24-12/h1-6,9,11H,7-8,10H2,(H2,18,20,21). The highest BCUT2D eigenvalue weighted by Gasteiger charge is 2.09. The molecule has 0 fully saturated rings. The van der Waals surface area contributed by atoms with E-state index in [4.69, 9.17) is 5.73 Å². The van der Waals surface area contributed by atoms with E-state index in [1.165, 1.54) is 4.88 Å². The van der Waals surface area contributed by atoms with Crippen LogP contribution in [0.25, 0.3) is 10.9 Å². The molecular weight excluding hydrogens is 352 g/mol. The van der Waals surface area contributed by atoms with Crippen molar-refractivity contribution in [1.82, 2.24) is 24.7 Å². The maximum absolute atomic E-state index is 6.05. The second-order valence-corrected chi connectivity index (χ2v) is 7.44. The van der Waals surface area contributed by atoms with Gasteiger partial charge in [0.1, 0.15) is 18.0 Å². The molecule has 0 aliphatic heterocycles. The van der Waals surface area contributed by atoms with Gasteiger partial charge in [-0.1, -0.05) is 30.0 Å². The van der Waals surface area contributed by atoms with Crippen molar-refractivity contribution in [2.24, 2.45) is 0 Å². The molecule has 0 amide bonds. The van der Waals surface area contributed by atoms with Crippen LogP contribution in [0.5, 0.6) is 0 Å². The molecule has 0 spiro atoms. The third-order valence-corrected chi connectivity index (χ3v) is 5.68. The quantitative estimate of drug-likeness (QED) is 0.525. The zero-order chi connectivity index (χ0) is 17.1. The summed E-state index contributed by atoms with van der Waals surface area (Å²) in [5.41, 5.74) is 6.91. The van der Waals surface area contributed by atoms with Crippen LogP contribution < -0.4 is 5.73 Å². The second kappa shape index (κ2) is 7.20. The Balaban J connectivity index is 1.46. The minimum Gasteiger partial charge on any atom is -0.383 e. The topological polar surface area (TPSA) is 82.5 Å². The van der Waals surface area contributed by atoms with E-state index in [0.29, 0.717) is 17.4 Å². The fourth-order valence-corrected chi connectivity index (χ4v) is 4.03. The molecule has 4 rings (SSSR count). The van der Waals surface area contributed by atoms with Gasteiger partial charge in [-0.3, -0.25) is 0 Å². The first-order valence-corrected chi connectivity index (χ1v) is 9.70. The Morgan fingerprint density at radius 1 is 1.12 bits per heavy atom. The maximum atomic E-state index is 6.05. The lowest BCUT2D eigenvalue weighted by Gasteiger charge is -2.06. The van der Waals surface area contributed by atoms with Gasteiger partial charge in [0, 0.05) is 16.8 Å². The van der Waals surface area contributed by atoms with Gasteiger partial charge in [-0.15, -0.1) is 21.5 Å². The number of aromatic nitrogens is 5. The lowest BCUT2D eigenvalue weighted by atomic mass is 10.2. The monoisotopic (exact) mass is 368 g/mol. The van der Waals surface area contributed by atoms with Gasteiger partial charge in [0.15, 0.2) is 5.16 Å². The van der Waals surface area contributed by atoms with Gasteiger partial charge in [0.25, 0.3) is 0 Å². The molecule has 3 aromatic heterocycles. The van der Waals surface area contributed by atoms with Gasteiger partial charge in [-0.05, 0) is 30.0 Å². The first-order valence-electron chi connectivity index (χ1n) is 7.84. The number of hydrogen-bond acceptors (Lipinski definition) is 7. The van der Waals surface area contributed by atoms with Crippen molar-refractivity contribution >= 4 is 39.8 Å². The van der Waals surface area contributed by atoms with E-state index in [1.54, 1.807) is 29.4 Å². The highest BCUT2D eigenvalue weighted by molar-refractivity contribution is 7.98. The van der Waals surface area contributed by atoms with E-state index >= 15 is 0 Å². The van der Waals surface area contributed by atoms with Crippen LogP contribution in [0.3, 0.4) is 0 Å². The van der Waals surface area contributed by atoms with Crippen molar-refractivity contribution < 1.29 is 0 Å². The molecule has 0 saturated heterocycles. The number of para-hydroxylation sites is 1. The average Bonchev–Trinajstić information content (AvgIpc) is 3.30. The highest BCUT2D eigenvalue weighted by Crippen LogP contribution is 2.23. The number of fused-ring (bicyclic) bond motifs is 1.